The molecule has 0 amide bonds. The van der Waals surface area contributed by atoms with Crippen molar-refractivity contribution in [2.24, 2.45) is 0 Å². The minimum Gasteiger partial charge on any atom is -0.353 e. The predicted molar refractivity (Wildman–Crippen MR) is 77.6 cm³/mol. The van der Waals surface area contributed by atoms with Crippen LogP contribution < -0.4 is 10.6 Å². The summed E-state index contributed by atoms with van der Waals surface area (Å²) in [6.07, 6.45) is 3.66. The molecule has 0 unspecified atom stereocenters. The molecule has 0 aliphatic rings. The van der Waals surface area contributed by atoms with Crippen molar-refractivity contribution in [3.05, 3.63) is 41.1 Å². The Kier molecular flexibility index (Phi) is 4.66. The van der Waals surface area contributed by atoms with Crippen molar-refractivity contribution in [2.45, 2.75) is 0 Å². The molecule has 1 aromatic carbocycles. The van der Waals surface area contributed by atoms with Crippen LogP contribution in [0.3, 0.4) is 0 Å². The van der Waals surface area contributed by atoms with Gasteiger partial charge >= 0.3 is 0 Å². The second kappa shape index (κ2) is 6.47. The minimum absolute atomic E-state index is 0.656. The van der Waals surface area contributed by atoms with Gasteiger partial charge in [-0.25, -0.2) is 9.97 Å². The molecule has 0 saturated carbocycles. The number of aromatic nitrogens is 2. The first-order valence-corrected chi connectivity index (χ1v) is 6.55. The topological polar surface area (TPSA) is 49.8 Å². The van der Waals surface area contributed by atoms with Gasteiger partial charge in [-0.15, -0.1) is 0 Å². The molecule has 0 aliphatic heterocycles. The van der Waals surface area contributed by atoms with E-state index in [2.05, 4.69) is 36.5 Å². The number of nitrogens with zero attached hydrogens (tertiary/aromatic N) is 2. The number of likely N-dealkylation sites (N-methyl/N-ethyl adjacent to an activating group) is 1. The summed E-state index contributed by atoms with van der Waals surface area (Å²) in [4.78, 5) is 8.58. The van der Waals surface area contributed by atoms with Crippen LogP contribution in [-0.4, -0.2) is 30.1 Å². The molecule has 2 N–H and O–H groups in total. The Bertz CT molecular complexity index is 499. The lowest BCUT2D eigenvalue weighted by Gasteiger charge is -2.05. The molecule has 1 aromatic heterocycles. The van der Waals surface area contributed by atoms with Crippen LogP contribution in [0.4, 0.5) is 5.95 Å². The lowest BCUT2D eigenvalue weighted by molar-refractivity contribution is 0.817. The number of anilines is 1. The highest BCUT2D eigenvalue weighted by Gasteiger charge is 2.00. The van der Waals surface area contributed by atoms with Crippen LogP contribution in [0.5, 0.6) is 0 Å². The van der Waals surface area contributed by atoms with Crippen LogP contribution in [0.25, 0.3) is 11.1 Å². The number of nitrogens with one attached hydrogen (secondary N) is 2. The molecule has 0 fully saturated rings. The number of hydrogen-bond donors (Lipinski definition) is 2. The van der Waals surface area contributed by atoms with E-state index in [1.165, 1.54) is 0 Å². The summed E-state index contributed by atoms with van der Waals surface area (Å²) in [6.45, 7) is 1.70. The van der Waals surface area contributed by atoms with Gasteiger partial charge in [0.15, 0.2) is 0 Å². The molecule has 1 heterocycles. The Morgan fingerprint density at radius 1 is 1.11 bits per heavy atom. The number of rotatable bonds is 5. The van der Waals surface area contributed by atoms with Crippen LogP contribution in [0.1, 0.15) is 0 Å². The first kappa shape index (κ1) is 13.0. The van der Waals surface area contributed by atoms with Gasteiger partial charge in [-0.1, -0.05) is 28.1 Å². The summed E-state index contributed by atoms with van der Waals surface area (Å²) in [7, 11) is 1.92. The highest BCUT2D eigenvalue weighted by Crippen LogP contribution is 2.21. The second-order valence-electron chi connectivity index (χ2n) is 3.84. The molecule has 0 bridgehead atoms. The third kappa shape index (κ3) is 3.51. The van der Waals surface area contributed by atoms with Crippen molar-refractivity contribution in [3.8, 4) is 11.1 Å². The molecule has 2 rings (SSSR count). The first-order chi connectivity index (χ1) is 8.79. The first-order valence-electron chi connectivity index (χ1n) is 5.76. The lowest BCUT2D eigenvalue weighted by Crippen LogP contribution is -2.18. The van der Waals surface area contributed by atoms with E-state index in [1.54, 1.807) is 0 Å². The van der Waals surface area contributed by atoms with Crippen molar-refractivity contribution in [3.63, 3.8) is 0 Å². The standard InChI is InChI=1S/C13H15BrN4/c1-15-5-6-16-13-17-8-11(9-18-13)10-3-2-4-12(14)7-10/h2-4,7-9,15H,5-6H2,1H3,(H,16,17,18). The fraction of sp³-hybridized carbons (Fsp3) is 0.231. The predicted octanol–water partition coefficient (Wildman–Crippen LogP) is 2.54. The zero-order chi connectivity index (χ0) is 12.8. The smallest absolute Gasteiger partial charge is 0.222 e. The van der Waals surface area contributed by atoms with E-state index < -0.39 is 0 Å². The number of halogens is 1. The molecule has 94 valence electrons. The molecule has 0 atom stereocenters. The molecule has 5 heteroatoms. The van der Waals surface area contributed by atoms with E-state index in [1.807, 2.05) is 43.7 Å². The average Bonchev–Trinajstić information content (AvgIpc) is 2.40. The number of benzene rings is 1. The van der Waals surface area contributed by atoms with Gasteiger partial charge in [0.05, 0.1) is 0 Å². The van der Waals surface area contributed by atoms with Gasteiger partial charge in [0.1, 0.15) is 0 Å². The maximum Gasteiger partial charge on any atom is 0.222 e. The van der Waals surface area contributed by atoms with Gasteiger partial charge in [-0.05, 0) is 24.7 Å². The van der Waals surface area contributed by atoms with Gasteiger partial charge in [0, 0.05) is 35.5 Å². The molecule has 4 nitrogen and oxygen atoms in total. The third-order valence-electron chi connectivity index (χ3n) is 2.47. The largest absolute Gasteiger partial charge is 0.353 e. The Labute approximate surface area is 115 Å². The van der Waals surface area contributed by atoms with E-state index in [0.29, 0.717) is 5.95 Å². The lowest BCUT2D eigenvalue weighted by atomic mass is 10.1. The van der Waals surface area contributed by atoms with Crippen LogP contribution in [0, 0.1) is 0 Å². The maximum atomic E-state index is 4.29. The molecule has 0 spiro atoms. The highest BCUT2D eigenvalue weighted by molar-refractivity contribution is 9.10. The van der Waals surface area contributed by atoms with Crippen molar-refractivity contribution >= 4 is 21.9 Å². The van der Waals surface area contributed by atoms with Crippen LogP contribution >= 0.6 is 15.9 Å². The second-order valence-corrected chi connectivity index (χ2v) is 4.75. The number of hydrogen-bond acceptors (Lipinski definition) is 4. The quantitative estimate of drug-likeness (QED) is 0.834. The molecule has 18 heavy (non-hydrogen) atoms. The van der Waals surface area contributed by atoms with Crippen molar-refractivity contribution in [1.29, 1.82) is 0 Å². The van der Waals surface area contributed by atoms with Gasteiger partial charge < -0.3 is 10.6 Å². The Balaban J connectivity index is 2.07. The maximum absolute atomic E-state index is 4.29. The monoisotopic (exact) mass is 306 g/mol. The Morgan fingerprint density at radius 3 is 2.56 bits per heavy atom. The Hall–Kier alpha value is -1.46. The van der Waals surface area contributed by atoms with Crippen molar-refractivity contribution < 1.29 is 0 Å². The van der Waals surface area contributed by atoms with Crippen molar-refractivity contribution in [2.75, 3.05) is 25.5 Å². The van der Waals surface area contributed by atoms with Crippen LogP contribution in [0.15, 0.2) is 41.1 Å². The van der Waals surface area contributed by atoms with Gasteiger partial charge in [-0.2, -0.15) is 0 Å². The van der Waals surface area contributed by atoms with E-state index in [-0.39, 0.29) is 0 Å². The fourth-order valence-electron chi connectivity index (χ4n) is 1.54. The summed E-state index contributed by atoms with van der Waals surface area (Å²) >= 11 is 3.46. The molecule has 2 aromatic rings. The fourth-order valence-corrected chi connectivity index (χ4v) is 1.93. The molecular formula is C13H15BrN4. The summed E-state index contributed by atoms with van der Waals surface area (Å²) in [5.41, 5.74) is 2.11. The summed E-state index contributed by atoms with van der Waals surface area (Å²) < 4.78 is 1.05. The zero-order valence-corrected chi connectivity index (χ0v) is 11.7. The van der Waals surface area contributed by atoms with E-state index in [0.717, 1.165) is 28.7 Å². The van der Waals surface area contributed by atoms with Crippen LogP contribution in [-0.2, 0) is 0 Å². The zero-order valence-electron chi connectivity index (χ0n) is 10.2. The average molecular weight is 307 g/mol. The van der Waals surface area contributed by atoms with Gasteiger partial charge in [-0.3, -0.25) is 0 Å². The van der Waals surface area contributed by atoms with Gasteiger partial charge in [0.2, 0.25) is 5.95 Å². The molecule has 0 radical (unpaired) electrons. The molecule has 0 aliphatic carbocycles. The Morgan fingerprint density at radius 2 is 1.89 bits per heavy atom. The van der Waals surface area contributed by atoms with Crippen LogP contribution in [0.2, 0.25) is 0 Å². The third-order valence-corrected chi connectivity index (χ3v) is 2.96. The molecular weight excluding hydrogens is 292 g/mol. The minimum atomic E-state index is 0.656. The normalized spacial score (nSPS) is 10.3. The van der Waals surface area contributed by atoms with Crippen molar-refractivity contribution in [1.82, 2.24) is 15.3 Å². The van der Waals surface area contributed by atoms with E-state index >= 15 is 0 Å². The summed E-state index contributed by atoms with van der Waals surface area (Å²) in [6, 6.07) is 8.08. The van der Waals surface area contributed by atoms with Gasteiger partial charge in [0.25, 0.3) is 0 Å². The molecule has 0 saturated heterocycles. The van der Waals surface area contributed by atoms with E-state index in [9.17, 15) is 0 Å². The summed E-state index contributed by atoms with van der Waals surface area (Å²) in [5.74, 6) is 0.656. The SMILES string of the molecule is CNCCNc1ncc(-c2cccc(Br)c2)cn1. The highest BCUT2D eigenvalue weighted by atomic mass is 79.9. The van der Waals surface area contributed by atoms with E-state index in [4.69, 9.17) is 0 Å². The summed E-state index contributed by atoms with van der Waals surface area (Å²) in [5, 5.41) is 6.20.